The molecule has 0 bridgehead atoms. The summed E-state index contributed by atoms with van der Waals surface area (Å²) in [5.74, 6) is 2.25. The van der Waals surface area contributed by atoms with E-state index in [0.29, 0.717) is 36.0 Å². The second-order valence-corrected chi connectivity index (χ2v) is 18.8. The summed E-state index contributed by atoms with van der Waals surface area (Å²) in [5.41, 5.74) is 0.337. The number of aliphatic hydroxyl groups excluding tert-OH is 8. The van der Waals surface area contributed by atoms with Crippen molar-refractivity contribution in [1.82, 2.24) is 0 Å². The largest absolute Gasteiger partial charge is 0.394 e. The molecule has 22 atom stereocenters. The Morgan fingerprint density at radius 1 is 0.741 bits per heavy atom. The number of hydrogen-bond donors (Lipinski definition) is 8. The molecule has 7 rings (SSSR count). The maximum Gasteiger partial charge on any atom is 0.186 e. The van der Waals surface area contributed by atoms with Gasteiger partial charge >= 0.3 is 0 Å². The molecule has 0 amide bonds. The lowest BCUT2D eigenvalue weighted by molar-refractivity contribution is -0.316. The minimum absolute atomic E-state index is 0.0630. The monoisotopic (exact) mass is 772 g/mol. The van der Waals surface area contributed by atoms with E-state index < -0.39 is 80.4 Å². The molecule has 3 aliphatic heterocycles. The highest BCUT2D eigenvalue weighted by Gasteiger charge is 2.68. The van der Waals surface area contributed by atoms with Gasteiger partial charge in [0.15, 0.2) is 18.4 Å². The topological polar surface area (TPSA) is 217 Å². The zero-order valence-corrected chi connectivity index (χ0v) is 32.7. The van der Waals surface area contributed by atoms with E-state index in [2.05, 4.69) is 27.7 Å². The predicted octanol–water partition coefficient (Wildman–Crippen LogP) is 1.05. The Balaban J connectivity index is 0.946. The molecule has 14 nitrogen and oxygen atoms in total. The SMILES string of the molecule is COC1(CC[C@H](C)CO[C@@H]2O[C@H](CO)[C@@H](O)[C@H](O)[C@H]2O)O[C@H]2C[C@H]3[C@@H]4CC[C@H]5C[C@H](O[C@@H]6O[C@H](CO)[C@@H](O)[C@H](O)[C@H]6O)CC[C@]5(C)[C@H]4CC[C@]3(C)[C@H]2[C@@H]1C. The second-order valence-electron chi connectivity index (χ2n) is 18.8. The Hall–Kier alpha value is -0.560. The van der Waals surface area contributed by atoms with Crippen LogP contribution in [0.1, 0.15) is 91.9 Å². The summed E-state index contributed by atoms with van der Waals surface area (Å²) >= 11 is 0. The van der Waals surface area contributed by atoms with Crippen molar-refractivity contribution in [3.8, 4) is 0 Å². The van der Waals surface area contributed by atoms with Crippen molar-refractivity contribution in [2.45, 2.75) is 171 Å². The highest BCUT2D eigenvalue weighted by atomic mass is 16.7. The molecule has 4 aliphatic carbocycles. The van der Waals surface area contributed by atoms with Crippen LogP contribution in [-0.4, -0.2) is 147 Å². The Morgan fingerprint density at radius 3 is 2.02 bits per heavy atom. The smallest absolute Gasteiger partial charge is 0.186 e. The van der Waals surface area contributed by atoms with Crippen LogP contribution in [-0.2, 0) is 28.4 Å². The minimum Gasteiger partial charge on any atom is -0.394 e. The molecule has 312 valence electrons. The van der Waals surface area contributed by atoms with Crippen LogP contribution < -0.4 is 0 Å². The van der Waals surface area contributed by atoms with Gasteiger partial charge in [-0.15, -0.1) is 0 Å². The highest BCUT2D eigenvalue weighted by molar-refractivity contribution is 5.15. The Kier molecular flexibility index (Phi) is 12.2. The maximum absolute atomic E-state index is 10.6. The fourth-order valence-corrected chi connectivity index (χ4v) is 13.0. The molecule has 0 aromatic rings. The van der Waals surface area contributed by atoms with Gasteiger partial charge in [-0.3, -0.25) is 0 Å². The van der Waals surface area contributed by atoms with Crippen molar-refractivity contribution in [3.05, 3.63) is 0 Å². The number of hydrogen-bond acceptors (Lipinski definition) is 14. The molecule has 7 fully saturated rings. The fraction of sp³-hybridized carbons (Fsp3) is 1.00. The minimum atomic E-state index is -1.47. The molecule has 0 spiro atoms. The van der Waals surface area contributed by atoms with Gasteiger partial charge in [0, 0.05) is 19.4 Å². The zero-order valence-electron chi connectivity index (χ0n) is 32.7. The van der Waals surface area contributed by atoms with Gasteiger partial charge in [-0.05, 0) is 104 Å². The normalized spacial score (nSPS) is 55.1. The molecule has 1 unspecified atom stereocenters. The molecule has 8 N–H and O–H groups in total. The molecule has 0 radical (unpaired) electrons. The van der Waals surface area contributed by atoms with E-state index in [4.69, 9.17) is 28.4 Å². The van der Waals surface area contributed by atoms with E-state index in [-0.39, 0.29) is 41.5 Å². The van der Waals surface area contributed by atoms with E-state index in [1.165, 1.54) is 12.8 Å². The molecule has 3 saturated heterocycles. The van der Waals surface area contributed by atoms with Crippen LogP contribution in [0.3, 0.4) is 0 Å². The zero-order chi connectivity index (χ0) is 38.9. The summed E-state index contributed by atoms with van der Waals surface area (Å²) in [7, 11) is 1.75. The first-order chi connectivity index (χ1) is 25.6. The molecule has 54 heavy (non-hydrogen) atoms. The summed E-state index contributed by atoms with van der Waals surface area (Å²) < 4.78 is 36.7. The lowest BCUT2D eigenvalue weighted by Crippen LogP contribution is -2.60. The van der Waals surface area contributed by atoms with Gasteiger partial charge in [-0.2, -0.15) is 0 Å². The lowest BCUT2D eigenvalue weighted by atomic mass is 9.44. The number of methoxy groups -OCH3 is 1. The predicted molar refractivity (Wildman–Crippen MR) is 191 cm³/mol. The van der Waals surface area contributed by atoms with Crippen LogP contribution in [0.15, 0.2) is 0 Å². The molecule has 0 aromatic heterocycles. The van der Waals surface area contributed by atoms with Crippen LogP contribution in [0.25, 0.3) is 0 Å². The summed E-state index contributed by atoms with van der Waals surface area (Å²) in [6.07, 6.45) is -2.91. The van der Waals surface area contributed by atoms with Crippen molar-refractivity contribution in [1.29, 1.82) is 0 Å². The second kappa shape index (κ2) is 15.9. The van der Waals surface area contributed by atoms with Crippen molar-refractivity contribution in [2.75, 3.05) is 26.9 Å². The van der Waals surface area contributed by atoms with Gasteiger partial charge in [-0.1, -0.05) is 27.7 Å². The molecule has 7 aliphatic rings. The van der Waals surface area contributed by atoms with Gasteiger partial charge in [0.2, 0.25) is 0 Å². The lowest BCUT2D eigenvalue weighted by Gasteiger charge is -2.61. The molecular weight excluding hydrogens is 704 g/mol. The molecule has 4 saturated carbocycles. The van der Waals surface area contributed by atoms with Crippen LogP contribution >= 0.6 is 0 Å². The number of fused-ring (bicyclic) bond motifs is 7. The van der Waals surface area contributed by atoms with E-state index >= 15 is 0 Å². The first kappa shape index (κ1) is 41.6. The first-order valence-electron chi connectivity index (χ1n) is 20.7. The van der Waals surface area contributed by atoms with E-state index in [1.807, 2.05) is 0 Å². The maximum atomic E-state index is 10.6. The number of aliphatic hydroxyl groups is 8. The van der Waals surface area contributed by atoms with Crippen LogP contribution in [0, 0.1) is 52.3 Å². The summed E-state index contributed by atoms with van der Waals surface area (Å²) in [4.78, 5) is 0. The van der Waals surface area contributed by atoms with E-state index in [9.17, 15) is 40.9 Å². The quantitative estimate of drug-likeness (QED) is 0.138. The van der Waals surface area contributed by atoms with Crippen molar-refractivity contribution < 1.29 is 69.3 Å². The van der Waals surface area contributed by atoms with Gasteiger partial charge in [0.05, 0.1) is 32.0 Å². The molecule has 3 heterocycles. The van der Waals surface area contributed by atoms with Gasteiger partial charge < -0.3 is 69.3 Å². The fourth-order valence-electron chi connectivity index (χ4n) is 13.0. The highest BCUT2D eigenvalue weighted by Crippen LogP contribution is 2.71. The average Bonchev–Trinajstić information content (AvgIpc) is 3.62. The Bertz CT molecular complexity index is 1270. The Morgan fingerprint density at radius 2 is 1.37 bits per heavy atom. The van der Waals surface area contributed by atoms with Crippen LogP contribution in [0.2, 0.25) is 0 Å². The van der Waals surface area contributed by atoms with Crippen molar-refractivity contribution in [2.24, 2.45) is 52.3 Å². The number of rotatable bonds is 11. The van der Waals surface area contributed by atoms with Gasteiger partial charge in [0.25, 0.3) is 0 Å². The van der Waals surface area contributed by atoms with Crippen molar-refractivity contribution >= 4 is 0 Å². The summed E-state index contributed by atoms with van der Waals surface area (Å²) in [5, 5.41) is 80.9. The average molecular weight is 773 g/mol. The van der Waals surface area contributed by atoms with E-state index in [1.54, 1.807) is 7.11 Å². The van der Waals surface area contributed by atoms with E-state index in [0.717, 1.165) is 44.9 Å². The third kappa shape index (κ3) is 6.93. The Labute approximate surface area is 319 Å². The number of ether oxygens (including phenoxy) is 6. The summed E-state index contributed by atoms with van der Waals surface area (Å²) in [6, 6.07) is 0. The standard InChI is InChI=1S/C40H68O14/c1-19(18-50-36-34(47)32(45)30(43)27(16-41)52-36)8-13-40(49-5)20(2)29-26(54-40)15-25-23-7-6-21-14-22(9-11-38(21,3)24(23)10-12-39(25,29)4)51-37-35(48)33(46)31(44)28(17-42)53-37/h19-37,41-48H,6-18H2,1-5H3/t19-,20-,21-,22+,23+,24-,25-,26-,27+,28+,29-,30+,31+,32-,33-,34+,35+,36+,37+,38-,39-,40?/m0/s1. The van der Waals surface area contributed by atoms with Gasteiger partial charge in [-0.25, -0.2) is 0 Å². The third-order valence-corrected chi connectivity index (χ3v) is 16.2. The van der Waals surface area contributed by atoms with Crippen molar-refractivity contribution in [3.63, 3.8) is 0 Å². The molecule has 14 heteroatoms. The molecule has 0 aromatic carbocycles. The first-order valence-corrected chi connectivity index (χ1v) is 20.7. The van der Waals surface area contributed by atoms with Gasteiger partial charge in [0.1, 0.15) is 48.8 Å². The van der Waals surface area contributed by atoms with Crippen LogP contribution in [0.4, 0.5) is 0 Å². The molecular formula is C40H68O14. The summed E-state index contributed by atoms with van der Waals surface area (Å²) in [6.45, 7) is 8.66. The van der Waals surface area contributed by atoms with Crippen LogP contribution in [0.5, 0.6) is 0 Å². The third-order valence-electron chi connectivity index (χ3n) is 16.2.